The van der Waals surface area contributed by atoms with E-state index in [0.717, 1.165) is 36.3 Å². The van der Waals surface area contributed by atoms with Gasteiger partial charge in [0.1, 0.15) is 0 Å². The number of esters is 1. The predicted octanol–water partition coefficient (Wildman–Crippen LogP) is 2.75. The van der Waals surface area contributed by atoms with E-state index in [1.165, 1.54) is 0 Å². The molecular weight excluding hydrogens is 364 g/mol. The molecule has 1 N–H and O–H groups in total. The molecule has 1 aromatic carbocycles. The van der Waals surface area contributed by atoms with Crippen LogP contribution < -0.4 is 10.2 Å². The van der Waals surface area contributed by atoms with Gasteiger partial charge in [0.25, 0.3) is 5.91 Å². The molecule has 1 saturated carbocycles. The average molecular weight is 391 g/mol. The fourth-order valence-electron chi connectivity index (χ4n) is 3.61. The van der Waals surface area contributed by atoms with Crippen molar-refractivity contribution in [2.45, 2.75) is 56.1 Å². The number of ether oxygens (including phenoxy) is 1. The standard InChI is InChI=1S/C20H26N2O4S/c1-13(19(24)21-15-6-3-4-7-15)26-20(25)14-10-18(23)22(12-14)16-8-5-9-17(11-16)27-2/h5,8-9,11,13-15H,3-4,6-7,10,12H2,1-2H3,(H,21,24)/t13-,14+/m0/s1. The summed E-state index contributed by atoms with van der Waals surface area (Å²) in [5.41, 5.74) is 0.786. The van der Waals surface area contributed by atoms with Gasteiger partial charge in [0.2, 0.25) is 5.91 Å². The van der Waals surface area contributed by atoms with Crippen molar-refractivity contribution in [1.29, 1.82) is 0 Å². The molecule has 0 aromatic heterocycles. The second kappa shape index (κ2) is 8.78. The van der Waals surface area contributed by atoms with Gasteiger partial charge >= 0.3 is 5.97 Å². The third-order valence-corrected chi connectivity index (χ3v) is 5.91. The molecule has 1 saturated heterocycles. The normalized spacial score (nSPS) is 21.3. The quantitative estimate of drug-likeness (QED) is 0.597. The molecule has 1 aliphatic carbocycles. The summed E-state index contributed by atoms with van der Waals surface area (Å²) < 4.78 is 5.35. The number of rotatable bonds is 6. The molecule has 1 aliphatic heterocycles. The highest BCUT2D eigenvalue weighted by Gasteiger charge is 2.37. The third kappa shape index (κ3) is 4.83. The largest absolute Gasteiger partial charge is 0.452 e. The Labute approximate surface area is 164 Å². The monoisotopic (exact) mass is 390 g/mol. The van der Waals surface area contributed by atoms with Gasteiger partial charge in [-0.25, -0.2) is 0 Å². The molecule has 0 unspecified atom stereocenters. The zero-order chi connectivity index (χ0) is 19.4. The molecule has 2 fully saturated rings. The SMILES string of the molecule is CSc1cccc(N2C[C@H](C(=O)O[C@@H](C)C(=O)NC3CCCC3)CC2=O)c1. The minimum Gasteiger partial charge on any atom is -0.452 e. The molecular formula is C20H26N2O4S. The van der Waals surface area contributed by atoms with Crippen LogP contribution in [0.5, 0.6) is 0 Å². The van der Waals surface area contributed by atoms with E-state index in [-0.39, 0.29) is 30.8 Å². The Morgan fingerprint density at radius 1 is 1.30 bits per heavy atom. The number of carbonyl (C=O) groups excluding carboxylic acids is 3. The lowest BCUT2D eigenvalue weighted by Gasteiger charge is -2.19. The van der Waals surface area contributed by atoms with Gasteiger partial charge < -0.3 is 15.0 Å². The summed E-state index contributed by atoms with van der Waals surface area (Å²) in [6.07, 6.45) is 5.44. The molecule has 6 nitrogen and oxygen atoms in total. The van der Waals surface area contributed by atoms with Crippen molar-refractivity contribution in [3.8, 4) is 0 Å². The lowest BCUT2D eigenvalue weighted by molar-refractivity contribution is -0.158. The maximum Gasteiger partial charge on any atom is 0.312 e. The third-order valence-electron chi connectivity index (χ3n) is 5.19. The number of nitrogens with one attached hydrogen (secondary N) is 1. The Bertz CT molecular complexity index is 718. The van der Waals surface area contributed by atoms with Crippen LogP contribution >= 0.6 is 11.8 Å². The molecule has 1 heterocycles. The molecule has 3 rings (SSSR count). The number of anilines is 1. The summed E-state index contributed by atoms with van der Waals surface area (Å²) in [7, 11) is 0. The molecule has 27 heavy (non-hydrogen) atoms. The van der Waals surface area contributed by atoms with Crippen molar-refractivity contribution in [2.24, 2.45) is 5.92 Å². The Hall–Kier alpha value is -2.02. The minimum absolute atomic E-state index is 0.0988. The zero-order valence-corrected chi connectivity index (χ0v) is 16.6. The second-order valence-electron chi connectivity index (χ2n) is 7.18. The first-order valence-electron chi connectivity index (χ1n) is 9.43. The van der Waals surface area contributed by atoms with E-state index in [4.69, 9.17) is 4.74 Å². The summed E-state index contributed by atoms with van der Waals surface area (Å²) in [5, 5.41) is 2.93. The second-order valence-corrected chi connectivity index (χ2v) is 8.06. The van der Waals surface area contributed by atoms with Gasteiger partial charge in [0.05, 0.1) is 5.92 Å². The summed E-state index contributed by atoms with van der Waals surface area (Å²) in [4.78, 5) is 39.7. The van der Waals surface area contributed by atoms with E-state index in [9.17, 15) is 14.4 Å². The fourth-order valence-corrected chi connectivity index (χ4v) is 4.06. The van der Waals surface area contributed by atoms with Gasteiger partial charge in [0.15, 0.2) is 6.10 Å². The Balaban J connectivity index is 1.55. The molecule has 0 bridgehead atoms. The molecule has 2 aliphatic rings. The van der Waals surface area contributed by atoms with Gasteiger partial charge in [-0.3, -0.25) is 14.4 Å². The molecule has 7 heteroatoms. The van der Waals surface area contributed by atoms with Crippen LogP contribution in [0.3, 0.4) is 0 Å². The van der Waals surface area contributed by atoms with E-state index >= 15 is 0 Å². The van der Waals surface area contributed by atoms with Gasteiger partial charge in [-0.05, 0) is 44.2 Å². The summed E-state index contributed by atoms with van der Waals surface area (Å²) in [6.45, 7) is 1.87. The van der Waals surface area contributed by atoms with Gasteiger partial charge in [-0.2, -0.15) is 0 Å². The average Bonchev–Trinajstić information content (AvgIpc) is 3.31. The number of thioether (sulfide) groups is 1. The number of amides is 2. The van der Waals surface area contributed by atoms with Crippen molar-refractivity contribution in [3.05, 3.63) is 24.3 Å². The highest BCUT2D eigenvalue weighted by atomic mass is 32.2. The number of carbonyl (C=O) groups is 3. The fraction of sp³-hybridized carbons (Fsp3) is 0.550. The predicted molar refractivity (Wildman–Crippen MR) is 105 cm³/mol. The maximum atomic E-state index is 12.5. The Morgan fingerprint density at radius 2 is 2.04 bits per heavy atom. The molecule has 146 valence electrons. The van der Waals surface area contributed by atoms with E-state index in [0.29, 0.717) is 0 Å². The Morgan fingerprint density at radius 3 is 2.74 bits per heavy atom. The van der Waals surface area contributed by atoms with Gasteiger partial charge in [0, 0.05) is 29.6 Å². The molecule has 0 spiro atoms. The van der Waals surface area contributed by atoms with Crippen molar-refractivity contribution in [3.63, 3.8) is 0 Å². The van der Waals surface area contributed by atoms with E-state index in [1.54, 1.807) is 23.6 Å². The number of hydrogen-bond acceptors (Lipinski definition) is 5. The topological polar surface area (TPSA) is 75.7 Å². The van der Waals surface area contributed by atoms with Gasteiger partial charge in [-0.1, -0.05) is 18.9 Å². The van der Waals surface area contributed by atoms with Crippen LogP contribution in [0.15, 0.2) is 29.2 Å². The summed E-state index contributed by atoms with van der Waals surface area (Å²) >= 11 is 1.60. The van der Waals surface area contributed by atoms with Crippen molar-refractivity contribution in [2.75, 3.05) is 17.7 Å². The van der Waals surface area contributed by atoms with Crippen LogP contribution in [0.25, 0.3) is 0 Å². The first-order valence-corrected chi connectivity index (χ1v) is 10.7. The van der Waals surface area contributed by atoms with Crippen LogP contribution in [0.1, 0.15) is 39.0 Å². The molecule has 2 atom stereocenters. The maximum absolute atomic E-state index is 12.5. The molecule has 2 amide bonds. The number of hydrogen-bond donors (Lipinski definition) is 1. The van der Waals surface area contributed by atoms with Crippen LogP contribution in [0.2, 0.25) is 0 Å². The van der Waals surface area contributed by atoms with Crippen LogP contribution in [0.4, 0.5) is 5.69 Å². The van der Waals surface area contributed by atoms with Crippen LogP contribution in [0, 0.1) is 5.92 Å². The highest BCUT2D eigenvalue weighted by molar-refractivity contribution is 7.98. The zero-order valence-electron chi connectivity index (χ0n) is 15.8. The van der Waals surface area contributed by atoms with Crippen LogP contribution in [-0.2, 0) is 19.1 Å². The number of nitrogens with zero attached hydrogens (tertiary/aromatic N) is 1. The molecule has 0 radical (unpaired) electrons. The lowest BCUT2D eigenvalue weighted by atomic mass is 10.1. The van der Waals surface area contributed by atoms with E-state index < -0.39 is 18.0 Å². The summed E-state index contributed by atoms with van der Waals surface area (Å²) in [5.74, 6) is -1.39. The minimum atomic E-state index is -0.845. The van der Waals surface area contributed by atoms with Crippen LogP contribution in [-0.4, -0.2) is 42.7 Å². The first kappa shape index (κ1) is 19.7. The lowest BCUT2D eigenvalue weighted by Crippen LogP contribution is -2.41. The first-order chi connectivity index (χ1) is 13.0. The Kier molecular flexibility index (Phi) is 6.42. The van der Waals surface area contributed by atoms with Crippen molar-refractivity contribution >= 4 is 35.2 Å². The number of benzene rings is 1. The summed E-state index contributed by atoms with van der Waals surface area (Å²) in [6, 6.07) is 7.86. The highest BCUT2D eigenvalue weighted by Crippen LogP contribution is 2.29. The smallest absolute Gasteiger partial charge is 0.312 e. The van der Waals surface area contributed by atoms with E-state index in [2.05, 4.69) is 5.32 Å². The van der Waals surface area contributed by atoms with Crippen molar-refractivity contribution < 1.29 is 19.1 Å². The van der Waals surface area contributed by atoms with E-state index in [1.807, 2.05) is 30.5 Å². The van der Waals surface area contributed by atoms with Gasteiger partial charge in [-0.15, -0.1) is 11.8 Å². The molecule has 1 aromatic rings. The van der Waals surface area contributed by atoms with Crippen molar-refractivity contribution in [1.82, 2.24) is 5.32 Å².